The Balaban J connectivity index is 1.33. The lowest BCUT2D eigenvalue weighted by Crippen LogP contribution is -2.42. The third-order valence-corrected chi connectivity index (χ3v) is 5.76. The Morgan fingerprint density at radius 3 is 3.17 bits per heavy atom. The number of imidazole rings is 1. The first-order valence-electron chi connectivity index (χ1n) is 8.32. The molecule has 6 nitrogen and oxygen atoms in total. The lowest BCUT2D eigenvalue weighted by atomic mass is 10.0. The van der Waals surface area contributed by atoms with Gasteiger partial charge in [-0.05, 0) is 25.7 Å². The first-order chi connectivity index (χ1) is 11.3. The lowest BCUT2D eigenvalue weighted by molar-refractivity contribution is -0.123. The molecule has 2 aromatic heterocycles. The van der Waals surface area contributed by atoms with Gasteiger partial charge in [0.1, 0.15) is 6.04 Å². The molecule has 0 saturated heterocycles. The van der Waals surface area contributed by atoms with Gasteiger partial charge in [-0.1, -0.05) is 0 Å². The summed E-state index contributed by atoms with van der Waals surface area (Å²) in [5.41, 5.74) is 3.19. The molecule has 0 unspecified atom stereocenters. The number of thiazole rings is 1. The minimum absolute atomic E-state index is 0.000584. The zero-order valence-corrected chi connectivity index (χ0v) is 13.8. The lowest BCUT2D eigenvalue weighted by Gasteiger charge is -2.22. The first kappa shape index (κ1) is 14.8. The highest BCUT2D eigenvalue weighted by Crippen LogP contribution is 2.26. The van der Waals surface area contributed by atoms with Crippen molar-refractivity contribution in [3.8, 4) is 0 Å². The SMILES string of the molecule is O=C(NCCc1nc2c(s1)CCCC2)[C@H]1NCCc2[nH]cnc21. The number of nitrogens with one attached hydrogen (secondary N) is 3. The summed E-state index contributed by atoms with van der Waals surface area (Å²) in [7, 11) is 0. The van der Waals surface area contributed by atoms with E-state index >= 15 is 0 Å². The molecule has 4 rings (SSSR count). The number of aryl methyl sites for hydroxylation is 2. The van der Waals surface area contributed by atoms with E-state index in [1.807, 2.05) is 11.3 Å². The van der Waals surface area contributed by atoms with E-state index in [0.717, 1.165) is 42.2 Å². The molecule has 1 aliphatic carbocycles. The molecule has 2 aromatic rings. The topological polar surface area (TPSA) is 82.7 Å². The van der Waals surface area contributed by atoms with E-state index in [2.05, 4.69) is 20.6 Å². The normalized spacial score (nSPS) is 19.9. The van der Waals surface area contributed by atoms with Crippen LogP contribution in [0.25, 0.3) is 0 Å². The molecule has 3 heterocycles. The summed E-state index contributed by atoms with van der Waals surface area (Å²) in [5, 5.41) is 7.41. The molecule has 1 amide bonds. The molecule has 0 bridgehead atoms. The van der Waals surface area contributed by atoms with Gasteiger partial charge in [0.15, 0.2) is 0 Å². The molecule has 3 N–H and O–H groups in total. The number of carbonyl (C=O) groups excluding carboxylic acids is 1. The Bertz CT molecular complexity index is 684. The van der Waals surface area contributed by atoms with Crippen LogP contribution in [0.4, 0.5) is 0 Å². The maximum Gasteiger partial charge on any atom is 0.243 e. The molecule has 1 aliphatic heterocycles. The minimum atomic E-state index is -0.338. The Hall–Kier alpha value is -1.73. The fourth-order valence-corrected chi connectivity index (χ4v) is 4.50. The number of carbonyl (C=O) groups is 1. The molecule has 0 fully saturated rings. The van der Waals surface area contributed by atoms with E-state index in [-0.39, 0.29) is 11.9 Å². The van der Waals surface area contributed by atoms with Crippen molar-refractivity contribution in [2.75, 3.05) is 13.1 Å². The molecule has 7 heteroatoms. The van der Waals surface area contributed by atoms with Gasteiger partial charge in [-0.15, -0.1) is 11.3 Å². The number of nitrogens with zero attached hydrogens (tertiary/aromatic N) is 2. The third kappa shape index (κ3) is 3.03. The molecule has 2 aliphatic rings. The standard InChI is InChI=1S/C16H21N5OS/c22-16(15-14-11(5-7-17-15)19-9-20-14)18-8-6-13-21-10-3-1-2-4-12(10)23-13/h9,15,17H,1-8H2,(H,18,22)(H,19,20)/t15-/m0/s1. The van der Waals surface area contributed by atoms with Crippen LogP contribution in [0, 0.1) is 0 Å². The Kier molecular flexibility index (Phi) is 4.13. The summed E-state index contributed by atoms with van der Waals surface area (Å²) in [6, 6.07) is -0.338. The van der Waals surface area contributed by atoms with Crippen LogP contribution in [-0.2, 0) is 30.5 Å². The molecule has 122 valence electrons. The van der Waals surface area contributed by atoms with Gasteiger partial charge in [-0.3, -0.25) is 4.79 Å². The first-order valence-corrected chi connectivity index (χ1v) is 9.13. The summed E-state index contributed by atoms with van der Waals surface area (Å²) in [5.74, 6) is -0.000584. The average Bonchev–Trinajstić information content (AvgIpc) is 3.20. The monoisotopic (exact) mass is 331 g/mol. The molecule has 23 heavy (non-hydrogen) atoms. The number of hydrogen-bond acceptors (Lipinski definition) is 5. The number of amides is 1. The number of aromatic nitrogens is 3. The van der Waals surface area contributed by atoms with E-state index < -0.39 is 0 Å². The summed E-state index contributed by atoms with van der Waals surface area (Å²) in [6.45, 7) is 1.43. The summed E-state index contributed by atoms with van der Waals surface area (Å²) in [6.07, 6.45) is 8.20. The summed E-state index contributed by atoms with van der Waals surface area (Å²) >= 11 is 1.82. The van der Waals surface area contributed by atoms with Crippen LogP contribution in [0.2, 0.25) is 0 Å². The molecule has 0 saturated carbocycles. The molecule has 0 radical (unpaired) electrons. The van der Waals surface area contributed by atoms with Crippen LogP contribution >= 0.6 is 11.3 Å². The molecule has 1 atom stereocenters. The van der Waals surface area contributed by atoms with Gasteiger partial charge in [-0.25, -0.2) is 9.97 Å². The van der Waals surface area contributed by atoms with Crippen molar-refractivity contribution in [1.82, 2.24) is 25.6 Å². The molecule has 0 aromatic carbocycles. The van der Waals surface area contributed by atoms with Gasteiger partial charge in [0.05, 0.1) is 22.7 Å². The number of aromatic amines is 1. The Labute approximate surface area is 139 Å². The van der Waals surface area contributed by atoms with Crippen molar-refractivity contribution in [2.45, 2.75) is 44.6 Å². The van der Waals surface area contributed by atoms with E-state index in [0.29, 0.717) is 6.54 Å². The van der Waals surface area contributed by atoms with Gasteiger partial charge >= 0.3 is 0 Å². The third-order valence-electron chi connectivity index (χ3n) is 4.54. The van der Waals surface area contributed by atoms with Gasteiger partial charge in [-0.2, -0.15) is 0 Å². The van der Waals surface area contributed by atoms with Gasteiger partial charge in [0.25, 0.3) is 0 Å². The van der Waals surface area contributed by atoms with Crippen LogP contribution in [0.1, 0.15) is 45.9 Å². The van der Waals surface area contributed by atoms with Crippen molar-refractivity contribution in [3.05, 3.63) is 33.3 Å². The molecular formula is C16H21N5OS. The fourth-order valence-electron chi connectivity index (χ4n) is 3.34. The zero-order chi connectivity index (χ0) is 15.6. The number of H-pyrrole nitrogens is 1. The highest BCUT2D eigenvalue weighted by atomic mass is 32.1. The Morgan fingerprint density at radius 1 is 1.35 bits per heavy atom. The summed E-state index contributed by atoms with van der Waals surface area (Å²) < 4.78 is 0. The number of fused-ring (bicyclic) bond motifs is 2. The van der Waals surface area contributed by atoms with Crippen molar-refractivity contribution in [2.24, 2.45) is 0 Å². The quantitative estimate of drug-likeness (QED) is 0.788. The predicted octanol–water partition coefficient (Wildman–Crippen LogP) is 1.29. The van der Waals surface area contributed by atoms with E-state index in [1.54, 1.807) is 6.33 Å². The zero-order valence-electron chi connectivity index (χ0n) is 13.0. The van der Waals surface area contributed by atoms with Crippen LogP contribution in [0.3, 0.4) is 0 Å². The van der Waals surface area contributed by atoms with Gasteiger partial charge in [0.2, 0.25) is 5.91 Å². The maximum atomic E-state index is 12.4. The second-order valence-electron chi connectivity index (χ2n) is 6.13. The van der Waals surface area contributed by atoms with Crippen LogP contribution in [0.5, 0.6) is 0 Å². The predicted molar refractivity (Wildman–Crippen MR) is 88.5 cm³/mol. The molecular weight excluding hydrogens is 310 g/mol. The van der Waals surface area contributed by atoms with Crippen LogP contribution in [0.15, 0.2) is 6.33 Å². The van der Waals surface area contributed by atoms with Crippen LogP contribution in [-0.4, -0.2) is 33.9 Å². The summed E-state index contributed by atoms with van der Waals surface area (Å²) in [4.78, 5) is 26.0. The van der Waals surface area contributed by atoms with E-state index in [4.69, 9.17) is 4.98 Å². The second-order valence-corrected chi connectivity index (χ2v) is 7.30. The minimum Gasteiger partial charge on any atom is -0.354 e. The highest BCUT2D eigenvalue weighted by Gasteiger charge is 2.28. The average molecular weight is 331 g/mol. The van der Waals surface area contributed by atoms with Gasteiger partial charge < -0.3 is 15.6 Å². The highest BCUT2D eigenvalue weighted by molar-refractivity contribution is 7.11. The van der Waals surface area contributed by atoms with Crippen molar-refractivity contribution >= 4 is 17.2 Å². The van der Waals surface area contributed by atoms with Gasteiger partial charge in [0, 0.05) is 36.5 Å². The smallest absolute Gasteiger partial charge is 0.243 e. The number of hydrogen-bond donors (Lipinski definition) is 3. The van der Waals surface area contributed by atoms with Crippen LogP contribution < -0.4 is 10.6 Å². The van der Waals surface area contributed by atoms with Crippen molar-refractivity contribution in [1.29, 1.82) is 0 Å². The van der Waals surface area contributed by atoms with Crippen molar-refractivity contribution in [3.63, 3.8) is 0 Å². The second kappa shape index (κ2) is 6.41. The molecule has 0 spiro atoms. The van der Waals surface area contributed by atoms with Crippen molar-refractivity contribution < 1.29 is 4.79 Å². The van der Waals surface area contributed by atoms with E-state index in [1.165, 1.54) is 29.8 Å². The fraction of sp³-hybridized carbons (Fsp3) is 0.562. The Morgan fingerprint density at radius 2 is 2.26 bits per heavy atom. The largest absolute Gasteiger partial charge is 0.354 e. The van der Waals surface area contributed by atoms with E-state index in [9.17, 15) is 4.79 Å². The number of rotatable bonds is 4. The maximum absolute atomic E-state index is 12.4.